The van der Waals surface area contributed by atoms with Gasteiger partial charge in [-0.15, -0.1) is 0 Å². The van der Waals surface area contributed by atoms with Crippen LogP contribution in [0.2, 0.25) is 5.02 Å². The summed E-state index contributed by atoms with van der Waals surface area (Å²) in [5.41, 5.74) is 2.84. The molecule has 0 saturated heterocycles. The van der Waals surface area contributed by atoms with E-state index >= 15 is 0 Å². The molecule has 3 aromatic heterocycles. The Kier molecular flexibility index (Phi) is 4.99. The van der Waals surface area contributed by atoms with Crippen molar-refractivity contribution in [1.29, 1.82) is 0 Å². The molecule has 9 heteroatoms. The lowest BCUT2D eigenvalue weighted by Gasteiger charge is -2.19. The summed E-state index contributed by atoms with van der Waals surface area (Å²) in [4.78, 5) is 8.16. The van der Waals surface area contributed by atoms with Crippen molar-refractivity contribution in [3.63, 3.8) is 0 Å². The zero-order valence-electron chi connectivity index (χ0n) is 16.7. The Labute approximate surface area is 179 Å². The van der Waals surface area contributed by atoms with E-state index in [0.29, 0.717) is 21.8 Å². The highest BCUT2D eigenvalue weighted by Crippen LogP contribution is 2.28. The van der Waals surface area contributed by atoms with Gasteiger partial charge in [-0.05, 0) is 41.3 Å². The smallest absolute Gasteiger partial charge is 0.263 e. The molecule has 30 heavy (non-hydrogen) atoms. The van der Waals surface area contributed by atoms with Crippen molar-refractivity contribution in [3.05, 3.63) is 71.8 Å². The second-order valence-corrected chi connectivity index (χ2v) is 9.99. The van der Waals surface area contributed by atoms with Crippen molar-refractivity contribution in [2.45, 2.75) is 31.1 Å². The average molecular weight is 442 g/mol. The van der Waals surface area contributed by atoms with Crippen LogP contribution >= 0.6 is 11.6 Å². The van der Waals surface area contributed by atoms with Crippen LogP contribution in [0.5, 0.6) is 0 Å². The zero-order valence-corrected chi connectivity index (χ0v) is 18.2. The van der Waals surface area contributed by atoms with Crippen LogP contribution < -0.4 is 4.72 Å². The van der Waals surface area contributed by atoms with Crippen LogP contribution in [0.25, 0.3) is 16.8 Å². The van der Waals surface area contributed by atoms with Gasteiger partial charge < -0.3 is 0 Å². The molecule has 154 valence electrons. The monoisotopic (exact) mass is 441 g/mol. The van der Waals surface area contributed by atoms with E-state index in [2.05, 4.69) is 40.6 Å². The van der Waals surface area contributed by atoms with Crippen LogP contribution in [0, 0.1) is 0 Å². The molecule has 0 atom stereocenters. The van der Waals surface area contributed by atoms with E-state index in [1.54, 1.807) is 42.7 Å². The van der Waals surface area contributed by atoms with Gasteiger partial charge in [-0.25, -0.2) is 22.9 Å². The standard InChI is InChI=1S/C21H20ClN5O2S/c1-21(2,3)15-4-6-16(7-5-15)30(28,29)26-20-9-8-17(22)19-10-18(25-27(19)20)14-11-23-13-24-12-14/h4-13,26H,1-3H3. The van der Waals surface area contributed by atoms with Crippen molar-refractivity contribution in [2.24, 2.45) is 0 Å². The summed E-state index contributed by atoms with van der Waals surface area (Å²) >= 11 is 6.31. The van der Waals surface area contributed by atoms with Crippen molar-refractivity contribution in [2.75, 3.05) is 4.72 Å². The third kappa shape index (κ3) is 3.88. The molecule has 0 amide bonds. The molecule has 0 unspecified atom stereocenters. The van der Waals surface area contributed by atoms with Gasteiger partial charge in [0.05, 0.1) is 21.1 Å². The molecule has 0 radical (unpaired) electrons. The highest BCUT2D eigenvalue weighted by atomic mass is 35.5. The van der Waals surface area contributed by atoms with Crippen molar-refractivity contribution in [3.8, 4) is 11.3 Å². The maximum absolute atomic E-state index is 13.0. The lowest BCUT2D eigenvalue weighted by molar-refractivity contribution is 0.587. The Hall–Kier alpha value is -2.97. The Morgan fingerprint density at radius 3 is 2.30 bits per heavy atom. The van der Waals surface area contributed by atoms with Crippen LogP contribution in [0.3, 0.4) is 0 Å². The molecule has 1 N–H and O–H groups in total. The molecule has 4 rings (SSSR count). The van der Waals surface area contributed by atoms with Gasteiger partial charge in [-0.3, -0.25) is 4.72 Å². The topological polar surface area (TPSA) is 89.2 Å². The van der Waals surface area contributed by atoms with Crippen molar-refractivity contribution in [1.82, 2.24) is 19.6 Å². The number of pyridine rings is 1. The number of nitrogens with one attached hydrogen (secondary N) is 1. The third-order valence-electron chi connectivity index (χ3n) is 4.70. The first-order valence-electron chi connectivity index (χ1n) is 9.22. The molecule has 0 saturated carbocycles. The van der Waals surface area contributed by atoms with Crippen LogP contribution in [-0.4, -0.2) is 28.0 Å². The number of aromatic nitrogens is 4. The lowest BCUT2D eigenvalue weighted by Crippen LogP contribution is -2.16. The predicted molar refractivity (Wildman–Crippen MR) is 117 cm³/mol. The van der Waals surface area contributed by atoms with Crippen LogP contribution in [-0.2, 0) is 15.4 Å². The molecular weight excluding hydrogens is 422 g/mol. The summed E-state index contributed by atoms with van der Waals surface area (Å²) in [6, 6.07) is 11.8. The number of benzene rings is 1. The second kappa shape index (κ2) is 7.37. The third-order valence-corrected chi connectivity index (χ3v) is 6.39. The number of anilines is 1. The molecule has 7 nitrogen and oxygen atoms in total. The van der Waals surface area contributed by atoms with Crippen LogP contribution in [0.4, 0.5) is 5.82 Å². The number of hydrogen-bond donors (Lipinski definition) is 1. The SMILES string of the molecule is CC(C)(C)c1ccc(S(=O)(=O)Nc2ccc(Cl)c3cc(-c4cncnc4)nn23)cc1. The molecule has 1 aromatic carbocycles. The van der Waals surface area contributed by atoms with Gasteiger partial charge in [0.15, 0.2) is 0 Å². The molecule has 0 aliphatic heterocycles. The highest BCUT2D eigenvalue weighted by molar-refractivity contribution is 7.92. The number of rotatable bonds is 4. The maximum atomic E-state index is 13.0. The Morgan fingerprint density at radius 1 is 1.00 bits per heavy atom. The Bertz CT molecular complexity index is 1310. The van der Waals surface area contributed by atoms with Crippen molar-refractivity contribution < 1.29 is 8.42 Å². The van der Waals surface area contributed by atoms with Gasteiger partial charge in [0, 0.05) is 18.0 Å². The zero-order chi connectivity index (χ0) is 21.5. The first-order valence-corrected chi connectivity index (χ1v) is 11.1. The largest absolute Gasteiger partial charge is 0.263 e. The van der Waals surface area contributed by atoms with Gasteiger partial charge in [0.25, 0.3) is 10.0 Å². The molecule has 0 bridgehead atoms. The maximum Gasteiger partial charge on any atom is 0.263 e. The minimum absolute atomic E-state index is 0.0648. The number of nitrogens with zero attached hydrogens (tertiary/aromatic N) is 4. The van der Waals surface area contributed by atoms with E-state index < -0.39 is 10.0 Å². The molecular formula is C21H20ClN5O2S. The molecule has 0 aliphatic rings. The summed E-state index contributed by atoms with van der Waals surface area (Å²) in [5, 5.41) is 4.94. The second-order valence-electron chi connectivity index (χ2n) is 7.90. The summed E-state index contributed by atoms with van der Waals surface area (Å²) < 4.78 is 30.0. The average Bonchev–Trinajstić information content (AvgIpc) is 3.17. The first kappa shape index (κ1) is 20.3. The number of sulfonamides is 1. The molecule has 4 aromatic rings. The summed E-state index contributed by atoms with van der Waals surface area (Å²) in [5.74, 6) is 0.275. The van der Waals surface area contributed by atoms with Gasteiger partial charge >= 0.3 is 0 Å². The van der Waals surface area contributed by atoms with Crippen LogP contribution in [0.15, 0.2) is 66.1 Å². The Morgan fingerprint density at radius 2 is 1.67 bits per heavy atom. The number of halogens is 1. The first-order chi connectivity index (χ1) is 14.1. The van der Waals surface area contributed by atoms with Gasteiger partial charge in [-0.1, -0.05) is 44.5 Å². The lowest BCUT2D eigenvalue weighted by atomic mass is 9.87. The molecule has 3 heterocycles. The molecule has 0 fully saturated rings. The Balaban J connectivity index is 1.73. The molecule has 0 spiro atoms. The minimum Gasteiger partial charge on any atom is -0.263 e. The van der Waals surface area contributed by atoms with E-state index in [0.717, 1.165) is 5.56 Å². The fourth-order valence-electron chi connectivity index (χ4n) is 3.02. The van der Waals surface area contributed by atoms with Gasteiger partial charge in [-0.2, -0.15) is 5.10 Å². The van der Waals surface area contributed by atoms with E-state index in [-0.39, 0.29) is 16.1 Å². The van der Waals surface area contributed by atoms with Gasteiger partial charge in [0.1, 0.15) is 12.1 Å². The normalized spacial score (nSPS) is 12.3. The van der Waals surface area contributed by atoms with E-state index in [1.165, 1.54) is 10.8 Å². The quantitative estimate of drug-likeness (QED) is 0.502. The van der Waals surface area contributed by atoms with E-state index in [4.69, 9.17) is 11.6 Å². The van der Waals surface area contributed by atoms with Gasteiger partial charge in [0.2, 0.25) is 0 Å². The number of fused-ring (bicyclic) bond motifs is 1. The summed E-state index contributed by atoms with van der Waals surface area (Å²) in [6.07, 6.45) is 4.68. The predicted octanol–water partition coefficient (Wildman–Crippen LogP) is 4.54. The molecule has 0 aliphatic carbocycles. The number of hydrogen-bond acceptors (Lipinski definition) is 5. The highest BCUT2D eigenvalue weighted by Gasteiger charge is 2.20. The van der Waals surface area contributed by atoms with E-state index in [1.807, 2.05) is 12.1 Å². The fourth-order valence-corrected chi connectivity index (χ4v) is 4.26. The van der Waals surface area contributed by atoms with Crippen molar-refractivity contribution >= 4 is 33.0 Å². The summed E-state index contributed by atoms with van der Waals surface area (Å²) in [7, 11) is -3.81. The summed E-state index contributed by atoms with van der Waals surface area (Å²) in [6.45, 7) is 6.23. The van der Waals surface area contributed by atoms with E-state index in [9.17, 15) is 8.42 Å². The fraction of sp³-hybridized carbons (Fsp3) is 0.190. The minimum atomic E-state index is -3.81. The van der Waals surface area contributed by atoms with Crippen LogP contribution in [0.1, 0.15) is 26.3 Å².